The number of nitrogens with one attached hydrogen (secondary N) is 3. The van der Waals surface area contributed by atoms with E-state index in [1.807, 2.05) is 0 Å². The summed E-state index contributed by atoms with van der Waals surface area (Å²) in [6.45, 7) is 1.77. The summed E-state index contributed by atoms with van der Waals surface area (Å²) in [4.78, 5) is 34.5. The van der Waals surface area contributed by atoms with Gasteiger partial charge in [-0.1, -0.05) is 12.1 Å². The summed E-state index contributed by atoms with van der Waals surface area (Å²) in [7, 11) is 1.32. The van der Waals surface area contributed by atoms with Gasteiger partial charge >= 0.3 is 5.97 Å². The Morgan fingerprint density at radius 2 is 1.96 bits per heavy atom. The van der Waals surface area contributed by atoms with Crippen molar-refractivity contribution in [1.82, 2.24) is 15.6 Å². The fraction of sp³-hybridized carbons (Fsp3) is 0.250. The molecule has 1 aromatic heterocycles. The molecule has 0 aliphatic heterocycles. The number of aryl methyl sites for hydroxylation is 1. The van der Waals surface area contributed by atoms with E-state index in [0.717, 1.165) is 11.3 Å². The summed E-state index contributed by atoms with van der Waals surface area (Å²) in [6, 6.07) is 6.58. The Morgan fingerprint density at radius 1 is 1.25 bits per heavy atom. The molecule has 8 heteroatoms. The number of aromatic amines is 2. The third-order valence-electron chi connectivity index (χ3n) is 3.43. The molecule has 0 spiro atoms. The molecule has 0 atom stereocenters. The van der Waals surface area contributed by atoms with Crippen molar-refractivity contribution in [3.05, 3.63) is 57.0 Å². The molecule has 1 aromatic carbocycles. The number of hydrogen-bond donors (Lipinski definition) is 3. The minimum Gasteiger partial charge on any atom is -0.465 e. The lowest BCUT2D eigenvalue weighted by atomic mass is 10.1. The molecule has 0 bridgehead atoms. The number of benzene rings is 1. The highest BCUT2D eigenvalue weighted by Gasteiger charge is 2.08. The van der Waals surface area contributed by atoms with E-state index in [2.05, 4.69) is 25.5 Å². The van der Waals surface area contributed by atoms with Crippen molar-refractivity contribution >= 4 is 18.1 Å². The molecule has 1 heterocycles. The second-order valence-electron chi connectivity index (χ2n) is 5.09. The highest BCUT2D eigenvalue weighted by atomic mass is 16.5. The van der Waals surface area contributed by atoms with Crippen molar-refractivity contribution in [2.75, 3.05) is 7.11 Å². The van der Waals surface area contributed by atoms with E-state index < -0.39 is 5.97 Å². The predicted molar refractivity (Wildman–Crippen MR) is 88.0 cm³/mol. The van der Waals surface area contributed by atoms with Crippen LogP contribution in [0, 0.1) is 6.92 Å². The fourth-order valence-electron chi connectivity index (χ4n) is 2.07. The number of rotatable bonds is 6. The summed E-state index contributed by atoms with van der Waals surface area (Å²) in [5.41, 5.74) is 4.63. The number of aromatic nitrogens is 2. The summed E-state index contributed by atoms with van der Waals surface area (Å²) < 4.78 is 4.61. The first-order valence-corrected chi connectivity index (χ1v) is 7.27. The van der Waals surface area contributed by atoms with E-state index in [4.69, 9.17) is 0 Å². The third kappa shape index (κ3) is 4.42. The van der Waals surface area contributed by atoms with Gasteiger partial charge in [0, 0.05) is 17.7 Å². The molecule has 0 saturated carbocycles. The normalized spacial score (nSPS) is 10.8. The van der Waals surface area contributed by atoms with E-state index in [1.165, 1.54) is 13.3 Å². The first kappa shape index (κ1) is 17.2. The Balaban J connectivity index is 1.84. The van der Waals surface area contributed by atoms with Crippen LogP contribution in [0.5, 0.6) is 0 Å². The average molecular weight is 330 g/mol. The molecule has 0 aliphatic carbocycles. The number of nitrogens with zero attached hydrogens (tertiary/aromatic N) is 1. The highest BCUT2D eigenvalue weighted by Crippen LogP contribution is 2.04. The van der Waals surface area contributed by atoms with Crippen LogP contribution in [-0.2, 0) is 16.0 Å². The molecular weight excluding hydrogens is 312 g/mol. The molecule has 8 nitrogen and oxygen atoms in total. The van der Waals surface area contributed by atoms with Gasteiger partial charge in [-0.15, -0.1) is 0 Å². The largest absolute Gasteiger partial charge is 0.465 e. The van der Waals surface area contributed by atoms with Gasteiger partial charge in [0.2, 0.25) is 5.91 Å². The van der Waals surface area contributed by atoms with Gasteiger partial charge in [-0.25, -0.2) is 10.2 Å². The minimum atomic E-state index is -0.415. The van der Waals surface area contributed by atoms with Gasteiger partial charge in [0.05, 0.1) is 18.9 Å². The average Bonchev–Trinajstić information content (AvgIpc) is 2.91. The molecule has 126 valence electrons. The van der Waals surface area contributed by atoms with Gasteiger partial charge in [-0.05, 0) is 31.0 Å². The zero-order valence-corrected chi connectivity index (χ0v) is 13.4. The summed E-state index contributed by atoms with van der Waals surface area (Å²) >= 11 is 0. The van der Waals surface area contributed by atoms with Crippen LogP contribution < -0.4 is 11.0 Å². The third-order valence-corrected chi connectivity index (χ3v) is 3.43. The van der Waals surface area contributed by atoms with Crippen LogP contribution in [-0.4, -0.2) is 35.4 Å². The Morgan fingerprint density at radius 3 is 2.54 bits per heavy atom. The van der Waals surface area contributed by atoms with Gasteiger partial charge < -0.3 is 9.84 Å². The van der Waals surface area contributed by atoms with E-state index >= 15 is 0 Å². The minimum absolute atomic E-state index is 0.153. The number of hydrogen-bond acceptors (Lipinski definition) is 5. The number of carbonyl (C=O) groups is 2. The van der Waals surface area contributed by atoms with Crippen molar-refractivity contribution in [3.8, 4) is 0 Å². The maximum Gasteiger partial charge on any atom is 0.337 e. The maximum atomic E-state index is 11.7. The second kappa shape index (κ2) is 7.91. The van der Waals surface area contributed by atoms with Crippen molar-refractivity contribution in [2.45, 2.75) is 19.8 Å². The van der Waals surface area contributed by atoms with Crippen molar-refractivity contribution in [1.29, 1.82) is 0 Å². The van der Waals surface area contributed by atoms with Gasteiger partial charge in [0.1, 0.15) is 0 Å². The number of H-pyrrole nitrogens is 2. The SMILES string of the molecule is COC(=O)c1ccc(C=NNC(=O)CCc2c(C)[nH][nH]c2=O)cc1. The smallest absolute Gasteiger partial charge is 0.337 e. The highest BCUT2D eigenvalue weighted by molar-refractivity contribution is 5.90. The summed E-state index contributed by atoms with van der Waals surface area (Å²) in [6.07, 6.45) is 1.95. The van der Waals surface area contributed by atoms with Gasteiger partial charge in [0.15, 0.2) is 0 Å². The van der Waals surface area contributed by atoms with Gasteiger partial charge in [-0.2, -0.15) is 5.10 Å². The van der Waals surface area contributed by atoms with Crippen LogP contribution in [0.2, 0.25) is 0 Å². The molecule has 2 rings (SSSR count). The first-order chi connectivity index (χ1) is 11.5. The number of ether oxygens (including phenoxy) is 1. The Labute approximate surface area is 137 Å². The topological polar surface area (TPSA) is 116 Å². The second-order valence-corrected chi connectivity index (χ2v) is 5.09. The van der Waals surface area contributed by atoms with Crippen LogP contribution in [0.3, 0.4) is 0 Å². The predicted octanol–water partition coefficient (Wildman–Crippen LogP) is 0.881. The van der Waals surface area contributed by atoms with E-state index in [1.54, 1.807) is 31.2 Å². The molecule has 2 aromatic rings. The van der Waals surface area contributed by atoms with Gasteiger partial charge in [0.25, 0.3) is 5.56 Å². The zero-order valence-electron chi connectivity index (χ0n) is 13.4. The van der Waals surface area contributed by atoms with Gasteiger partial charge in [-0.3, -0.25) is 14.7 Å². The number of amides is 1. The van der Waals surface area contributed by atoms with Crippen molar-refractivity contribution in [3.63, 3.8) is 0 Å². The monoisotopic (exact) mass is 330 g/mol. The molecule has 0 radical (unpaired) electrons. The van der Waals surface area contributed by atoms with Crippen LogP contribution in [0.4, 0.5) is 0 Å². The lowest BCUT2D eigenvalue weighted by molar-refractivity contribution is -0.121. The van der Waals surface area contributed by atoms with Crippen molar-refractivity contribution < 1.29 is 14.3 Å². The Kier molecular flexibility index (Phi) is 5.67. The molecule has 0 aliphatic rings. The maximum absolute atomic E-state index is 11.7. The quantitative estimate of drug-likeness (QED) is 0.414. The van der Waals surface area contributed by atoms with Crippen molar-refractivity contribution in [2.24, 2.45) is 5.10 Å². The molecule has 1 amide bonds. The van der Waals surface area contributed by atoms with E-state index in [9.17, 15) is 14.4 Å². The molecule has 0 saturated heterocycles. The number of esters is 1. The number of hydrazone groups is 1. The Bertz CT molecular complexity index is 802. The van der Waals surface area contributed by atoms with E-state index in [-0.39, 0.29) is 17.9 Å². The summed E-state index contributed by atoms with van der Waals surface area (Å²) in [5.74, 6) is -0.709. The number of carbonyl (C=O) groups excluding carboxylic acids is 2. The van der Waals surface area contributed by atoms with Crippen LogP contribution in [0.1, 0.15) is 33.6 Å². The first-order valence-electron chi connectivity index (χ1n) is 7.27. The van der Waals surface area contributed by atoms with E-state index in [0.29, 0.717) is 17.5 Å². The zero-order chi connectivity index (χ0) is 17.5. The van der Waals surface area contributed by atoms with Crippen LogP contribution in [0.15, 0.2) is 34.2 Å². The lowest BCUT2D eigenvalue weighted by Gasteiger charge is -2.00. The fourth-order valence-corrected chi connectivity index (χ4v) is 2.07. The molecule has 24 heavy (non-hydrogen) atoms. The molecular formula is C16H18N4O4. The Hall–Kier alpha value is -3.16. The standard InChI is InChI=1S/C16H18N4O4/c1-10-13(15(22)20-18-10)7-8-14(21)19-17-9-11-3-5-12(6-4-11)16(23)24-2/h3-6,9H,7-8H2,1-2H3,(H,19,21)(H2,18,20,22). The van der Waals surface area contributed by atoms with Crippen LogP contribution >= 0.6 is 0 Å². The summed E-state index contributed by atoms with van der Waals surface area (Å²) in [5, 5.41) is 9.02. The molecule has 0 fully saturated rings. The van der Waals surface area contributed by atoms with Crippen LogP contribution in [0.25, 0.3) is 0 Å². The molecule has 0 unspecified atom stereocenters. The molecule has 3 N–H and O–H groups in total. The number of methoxy groups -OCH3 is 1. The lowest BCUT2D eigenvalue weighted by Crippen LogP contribution is -2.19.